The molecule has 2 N–H and O–H groups in total. The summed E-state index contributed by atoms with van der Waals surface area (Å²) in [5.74, 6) is -0.0244. The average Bonchev–Trinajstić information content (AvgIpc) is 2.46. The Morgan fingerprint density at radius 2 is 2.13 bits per heavy atom. The highest BCUT2D eigenvalue weighted by Crippen LogP contribution is 2.24. The number of fused-ring (bicyclic) bond motifs is 1. The number of hydrogen-bond donors (Lipinski definition) is 1. The summed E-state index contributed by atoms with van der Waals surface area (Å²) in [5.41, 5.74) is 7.53. The van der Waals surface area contributed by atoms with Gasteiger partial charge in [0, 0.05) is 22.9 Å². The van der Waals surface area contributed by atoms with Gasteiger partial charge in [-0.25, -0.2) is 8.42 Å². The van der Waals surface area contributed by atoms with E-state index in [-0.39, 0.29) is 5.75 Å². The zero-order chi connectivity index (χ0) is 11.1. The van der Waals surface area contributed by atoms with Gasteiger partial charge < -0.3 is 10.2 Å². The Bertz CT molecular complexity index is 598. The largest absolute Gasteiger partial charge is 0.464 e. The lowest BCUT2D eigenvalue weighted by atomic mass is 10.2. The zero-order valence-electron chi connectivity index (χ0n) is 8.23. The van der Waals surface area contributed by atoms with E-state index in [1.165, 1.54) is 12.5 Å². The molecule has 0 aliphatic carbocycles. The zero-order valence-corrected chi connectivity index (χ0v) is 9.04. The molecule has 0 saturated heterocycles. The molecule has 5 heteroatoms. The summed E-state index contributed by atoms with van der Waals surface area (Å²) in [7, 11) is -3.05. The second-order valence-corrected chi connectivity index (χ2v) is 5.73. The van der Waals surface area contributed by atoms with Crippen molar-refractivity contribution in [1.29, 1.82) is 0 Å². The van der Waals surface area contributed by atoms with Crippen molar-refractivity contribution in [2.24, 2.45) is 0 Å². The fraction of sp³-hybridized carbons (Fsp3) is 0.200. The maximum absolute atomic E-state index is 11.2. The van der Waals surface area contributed by atoms with E-state index < -0.39 is 9.84 Å². The van der Waals surface area contributed by atoms with Gasteiger partial charge in [0.1, 0.15) is 5.58 Å². The molecule has 15 heavy (non-hydrogen) atoms. The molecule has 0 fully saturated rings. The van der Waals surface area contributed by atoms with Gasteiger partial charge in [0.15, 0.2) is 9.84 Å². The monoisotopic (exact) mass is 225 g/mol. The van der Waals surface area contributed by atoms with Crippen molar-refractivity contribution in [2.45, 2.75) is 5.75 Å². The van der Waals surface area contributed by atoms with E-state index in [0.717, 1.165) is 5.39 Å². The quantitative estimate of drug-likeness (QED) is 0.787. The number of nitrogen functional groups attached to an aromatic ring is 1. The molecule has 0 amide bonds. The van der Waals surface area contributed by atoms with Gasteiger partial charge in [-0.3, -0.25) is 0 Å². The summed E-state index contributed by atoms with van der Waals surface area (Å²) in [6.45, 7) is 0. The number of furan rings is 1. The molecule has 0 radical (unpaired) electrons. The Balaban J connectivity index is 2.57. The highest BCUT2D eigenvalue weighted by atomic mass is 32.2. The van der Waals surface area contributed by atoms with Crippen LogP contribution in [0.1, 0.15) is 5.56 Å². The lowest BCUT2D eigenvalue weighted by Crippen LogP contribution is -1.99. The molecule has 0 spiro atoms. The molecule has 1 aromatic heterocycles. The number of nitrogens with two attached hydrogens (primary N) is 1. The summed E-state index contributed by atoms with van der Waals surface area (Å²) < 4.78 is 27.5. The maximum Gasteiger partial charge on any atom is 0.151 e. The third-order valence-corrected chi connectivity index (χ3v) is 2.93. The molecule has 1 heterocycles. The first kappa shape index (κ1) is 10.0. The number of hydrogen-bond acceptors (Lipinski definition) is 4. The van der Waals surface area contributed by atoms with Crippen LogP contribution >= 0.6 is 0 Å². The third kappa shape index (κ3) is 2.12. The van der Waals surface area contributed by atoms with Crippen LogP contribution in [0.3, 0.4) is 0 Å². The second-order valence-electron chi connectivity index (χ2n) is 3.59. The minimum Gasteiger partial charge on any atom is -0.464 e. The molecule has 1 aromatic carbocycles. The highest BCUT2D eigenvalue weighted by Gasteiger charge is 2.11. The Kier molecular flexibility index (Phi) is 2.19. The third-order valence-electron chi connectivity index (χ3n) is 2.10. The summed E-state index contributed by atoms with van der Waals surface area (Å²) in [6, 6.07) is 5.17. The molecule has 0 atom stereocenters. The predicted octanol–water partition coefficient (Wildman–Crippen LogP) is 1.56. The van der Waals surface area contributed by atoms with E-state index >= 15 is 0 Å². The van der Waals surface area contributed by atoms with Crippen molar-refractivity contribution in [3.63, 3.8) is 0 Å². The number of anilines is 1. The topological polar surface area (TPSA) is 73.3 Å². The normalized spacial score (nSPS) is 12.1. The lowest BCUT2D eigenvalue weighted by molar-refractivity contribution is 0.596. The summed E-state index contributed by atoms with van der Waals surface area (Å²) in [4.78, 5) is 0. The molecule has 0 aliphatic heterocycles. The first-order valence-electron chi connectivity index (χ1n) is 4.39. The number of rotatable bonds is 2. The van der Waals surface area contributed by atoms with Crippen molar-refractivity contribution in [1.82, 2.24) is 0 Å². The molecule has 0 saturated carbocycles. The van der Waals surface area contributed by atoms with Gasteiger partial charge in [-0.2, -0.15) is 0 Å². The molecular formula is C10H11NO3S. The lowest BCUT2D eigenvalue weighted by Gasteiger charge is -1.96. The Morgan fingerprint density at radius 1 is 1.40 bits per heavy atom. The van der Waals surface area contributed by atoms with Crippen LogP contribution in [0.15, 0.2) is 28.9 Å². The SMILES string of the molecule is CS(=O)(=O)Cc1coc2ccc(N)cc12. The molecule has 80 valence electrons. The molecular weight excluding hydrogens is 214 g/mol. The summed E-state index contributed by atoms with van der Waals surface area (Å²) >= 11 is 0. The van der Waals surface area contributed by atoms with Crippen LogP contribution in [0, 0.1) is 0 Å². The van der Waals surface area contributed by atoms with Crippen LogP contribution in [0.4, 0.5) is 5.69 Å². The molecule has 0 aliphatic rings. The van der Waals surface area contributed by atoms with E-state index in [4.69, 9.17) is 10.2 Å². The van der Waals surface area contributed by atoms with E-state index in [1.807, 2.05) is 0 Å². The molecule has 0 unspecified atom stereocenters. The van der Waals surface area contributed by atoms with Gasteiger partial charge >= 0.3 is 0 Å². The van der Waals surface area contributed by atoms with Crippen molar-refractivity contribution < 1.29 is 12.8 Å². The maximum atomic E-state index is 11.2. The smallest absolute Gasteiger partial charge is 0.151 e. The first-order chi connectivity index (χ1) is 6.96. The fourth-order valence-corrected chi connectivity index (χ4v) is 2.28. The van der Waals surface area contributed by atoms with E-state index in [2.05, 4.69) is 0 Å². The predicted molar refractivity (Wildman–Crippen MR) is 59.2 cm³/mol. The van der Waals surface area contributed by atoms with Crippen molar-refractivity contribution in [2.75, 3.05) is 12.0 Å². The van der Waals surface area contributed by atoms with Crippen LogP contribution in [-0.4, -0.2) is 14.7 Å². The van der Waals surface area contributed by atoms with Gasteiger partial charge in [0.05, 0.1) is 12.0 Å². The molecule has 0 bridgehead atoms. The van der Waals surface area contributed by atoms with E-state index in [9.17, 15) is 8.42 Å². The van der Waals surface area contributed by atoms with Gasteiger partial charge in [0.2, 0.25) is 0 Å². The summed E-state index contributed by atoms with van der Waals surface area (Å²) in [6.07, 6.45) is 2.66. The van der Waals surface area contributed by atoms with E-state index in [0.29, 0.717) is 16.8 Å². The standard InChI is InChI=1S/C10H11NO3S/c1-15(12,13)6-7-5-14-10-3-2-8(11)4-9(7)10/h2-5H,6,11H2,1H3. The van der Waals surface area contributed by atoms with Crippen LogP contribution in [0.5, 0.6) is 0 Å². The Hall–Kier alpha value is -1.49. The molecule has 4 nitrogen and oxygen atoms in total. The van der Waals surface area contributed by atoms with E-state index in [1.54, 1.807) is 18.2 Å². The van der Waals surface area contributed by atoms with Crippen LogP contribution in [0.25, 0.3) is 11.0 Å². The molecule has 2 aromatic rings. The molecule has 2 rings (SSSR count). The van der Waals surface area contributed by atoms with Crippen LogP contribution < -0.4 is 5.73 Å². The van der Waals surface area contributed by atoms with Crippen molar-refractivity contribution in [3.05, 3.63) is 30.0 Å². The fourth-order valence-electron chi connectivity index (χ4n) is 1.49. The van der Waals surface area contributed by atoms with Crippen LogP contribution in [-0.2, 0) is 15.6 Å². The second kappa shape index (κ2) is 3.27. The van der Waals surface area contributed by atoms with Crippen molar-refractivity contribution in [3.8, 4) is 0 Å². The number of benzene rings is 1. The van der Waals surface area contributed by atoms with Gasteiger partial charge in [0.25, 0.3) is 0 Å². The highest BCUT2D eigenvalue weighted by molar-refractivity contribution is 7.89. The van der Waals surface area contributed by atoms with Crippen molar-refractivity contribution >= 4 is 26.5 Å². The number of sulfone groups is 1. The van der Waals surface area contributed by atoms with Gasteiger partial charge in [-0.1, -0.05) is 0 Å². The average molecular weight is 225 g/mol. The summed E-state index contributed by atoms with van der Waals surface area (Å²) in [5, 5.41) is 0.764. The van der Waals surface area contributed by atoms with Gasteiger partial charge in [-0.15, -0.1) is 0 Å². The Morgan fingerprint density at radius 3 is 2.80 bits per heavy atom. The Labute approximate surface area is 87.6 Å². The minimum atomic E-state index is -3.05. The van der Waals surface area contributed by atoms with Crippen LogP contribution in [0.2, 0.25) is 0 Å². The first-order valence-corrected chi connectivity index (χ1v) is 6.45. The van der Waals surface area contributed by atoms with Gasteiger partial charge in [-0.05, 0) is 18.2 Å². The minimum absolute atomic E-state index is 0.0244.